The van der Waals surface area contributed by atoms with Crippen LogP contribution in [0.2, 0.25) is 0 Å². The fourth-order valence-corrected chi connectivity index (χ4v) is 2.49. The molecule has 0 amide bonds. The molecule has 0 saturated carbocycles. The van der Waals surface area contributed by atoms with Crippen molar-refractivity contribution >= 4 is 23.0 Å². The van der Waals surface area contributed by atoms with E-state index in [0.717, 1.165) is 16.0 Å². The zero-order valence-corrected chi connectivity index (χ0v) is 8.35. The van der Waals surface area contributed by atoms with Crippen molar-refractivity contribution in [3.63, 3.8) is 0 Å². The first-order valence-electron chi connectivity index (χ1n) is 4.09. The van der Waals surface area contributed by atoms with Crippen LogP contribution in [-0.4, -0.2) is 0 Å². The van der Waals surface area contributed by atoms with E-state index in [9.17, 15) is 0 Å². The smallest absolute Gasteiger partial charge is 0.138 e. The Kier molecular flexibility index (Phi) is 1.96. The Bertz CT molecular complexity index is 517. The average Bonchev–Trinajstić information content (AvgIpc) is 2.68. The van der Waals surface area contributed by atoms with E-state index in [2.05, 4.69) is 6.07 Å². The number of nitrogens with zero attached hydrogens (tertiary/aromatic N) is 2. The highest BCUT2D eigenvalue weighted by Crippen LogP contribution is 2.37. The number of hydrogen-bond acceptors (Lipinski definition) is 3. The number of fused-ring (bicyclic) bond motifs is 1. The highest BCUT2D eigenvalue weighted by molar-refractivity contribution is 7.13. The van der Waals surface area contributed by atoms with E-state index in [1.807, 2.05) is 31.2 Å². The molecule has 0 saturated heterocycles. The summed E-state index contributed by atoms with van der Waals surface area (Å²) < 4.78 is 0. The van der Waals surface area contributed by atoms with Crippen LogP contribution in [0.5, 0.6) is 0 Å². The molecule has 0 bridgehead atoms. The van der Waals surface area contributed by atoms with Gasteiger partial charge in [0.15, 0.2) is 0 Å². The molecule has 0 fully saturated rings. The summed E-state index contributed by atoms with van der Waals surface area (Å²) >= 11 is 1.62. The van der Waals surface area contributed by atoms with Gasteiger partial charge in [0.2, 0.25) is 0 Å². The zero-order chi connectivity index (χ0) is 10.1. The molecule has 66 valence electrons. The Balaban J connectivity index is 2.67. The van der Waals surface area contributed by atoms with E-state index in [4.69, 9.17) is 10.5 Å². The molecule has 3 heteroatoms. The Hall–Kier alpha value is -1.84. The van der Waals surface area contributed by atoms with Gasteiger partial charge in [0, 0.05) is 15.3 Å². The molecule has 0 aliphatic heterocycles. The van der Waals surface area contributed by atoms with Gasteiger partial charge in [-0.2, -0.15) is 10.5 Å². The molecule has 0 aromatic carbocycles. The predicted octanol–water partition coefficient (Wildman–Crippen LogP) is 2.88. The Morgan fingerprint density at radius 2 is 2.00 bits per heavy atom. The van der Waals surface area contributed by atoms with E-state index in [0.29, 0.717) is 0 Å². The standard InChI is InChI=1S/C11H6N2S/c1-7-4-8-2-3-10(11(8)14-7)9(5-12)6-13/h2-4H,1H3. The summed E-state index contributed by atoms with van der Waals surface area (Å²) in [5.74, 6) is 0. The van der Waals surface area contributed by atoms with E-state index < -0.39 is 0 Å². The minimum Gasteiger partial charge on any atom is -0.192 e. The van der Waals surface area contributed by atoms with E-state index >= 15 is 0 Å². The number of nitriles is 2. The first-order valence-corrected chi connectivity index (χ1v) is 4.91. The number of rotatable bonds is 0. The van der Waals surface area contributed by atoms with Gasteiger partial charge >= 0.3 is 0 Å². The van der Waals surface area contributed by atoms with Crippen LogP contribution in [0.1, 0.15) is 15.3 Å². The van der Waals surface area contributed by atoms with Gasteiger partial charge in [0.1, 0.15) is 17.7 Å². The van der Waals surface area contributed by atoms with Crippen molar-refractivity contribution in [2.24, 2.45) is 0 Å². The van der Waals surface area contributed by atoms with Gasteiger partial charge in [-0.15, -0.1) is 11.3 Å². The van der Waals surface area contributed by atoms with Crippen molar-refractivity contribution in [3.05, 3.63) is 33.0 Å². The normalized spacial score (nSPS) is 12.1. The average molecular weight is 198 g/mol. The first kappa shape index (κ1) is 8.74. The SMILES string of the molecule is Cc1cc2c(s1)C(=C(C#N)C#N)C=C2. The number of aryl methyl sites for hydroxylation is 1. The summed E-state index contributed by atoms with van der Waals surface area (Å²) in [7, 11) is 0. The maximum atomic E-state index is 8.76. The lowest BCUT2D eigenvalue weighted by molar-refractivity contribution is 1.47. The molecule has 0 atom stereocenters. The number of allylic oxidation sites excluding steroid dienone is 3. The molecule has 1 aliphatic carbocycles. The predicted molar refractivity (Wildman–Crippen MR) is 56.2 cm³/mol. The summed E-state index contributed by atoms with van der Waals surface area (Å²) in [6.07, 6.45) is 3.78. The molecule has 1 aromatic heterocycles. The molecule has 1 heterocycles. The van der Waals surface area contributed by atoms with Crippen molar-refractivity contribution in [2.45, 2.75) is 6.92 Å². The lowest BCUT2D eigenvalue weighted by Crippen LogP contribution is -1.79. The molecule has 14 heavy (non-hydrogen) atoms. The molecule has 2 rings (SSSR count). The molecule has 0 unspecified atom stereocenters. The van der Waals surface area contributed by atoms with Crippen LogP contribution in [0.3, 0.4) is 0 Å². The fourth-order valence-electron chi connectivity index (χ4n) is 1.46. The number of hydrogen-bond donors (Lipinski definition) is 0. The number of thiophene rings is 1. The van der Waals surface area contributed by atoms with Crippen LogP contribution in [0.25, 0.3) is 11.6 Å². The van der Waals surface area contributed by atoms with Gasteiger partial charge in [-0.1, -0.05) is 12.2 Å². The Morgan fingerprint density at radius 1 is 1.29 bits per heavy atom. The summed E-state index contributed by atoms with van der Waals surface area (Å²) in [4.78, 5) is 2.24. The minimum absolute atomic E-state index is 0.196. The lowest BCUT2D eigenvalue weighted by Gasteiger charge is -1.92. The van der Waals surface area contributed by atoms with E-state index in [-0.39, 0.29) is 5.57 Å². The van der Waals surface area contributed by atoms with Crippen LogP contribution >= 0.6 is 11.3 Å². The topological polar surface area (TPSA) is 47.6 Å². The van der Waals surface area contributed by atoms with E-state index in [1.165, 1.54) is 4.88 Å². The van der Waals surface area contributed by atoms with Crippen LogP contribution < -0.4 is 0 Å². The third kappa shape index (κ3) is 1.16. The van der Waals surface area contributed by atoms with Gasteiger partial charge in [-0.25, -0.2) is 0 Å². The Labute approximate surface area is 86.0 Å². The highest BCUT2D eigenvalue weighted by Gasteiger charge is 2.17. The third-order valence-corrected chi connectivity index (χ3v) is 3.15. The summed E-state index contributed by atoms with van der Waals surface area (Å²) in [5.41, 5.74) is 2.08. The molecule has 0 spiro atoms. The second-order valence-corrected chi connectivity index (χ2v) is 4.24. The molecule has 0 N–H and O–H groups in total. The monoisotopic (exact) mass is 198 g/mol. The third-order valence-electron chi connectivity index (χ3n) is 2.05. The van der Waals surface area contributed by atoms with Crippen molar-refractivity contribution in [1.82, 2.24) is 0 Å². The fraction of sp³-hybridized carbons (Fsp3) is 0.0909. The summed E-state index contributed by atoms with van der Waals surface area (Å²) in [6.45, 7) is 2.02. The van der Waals surface area contributed by atoms with Gasteiger partial charge in [0.05, 0.1) is 0 Å². The molecule has 1 aliphatic rings. The van der Waals surface area contributed by atoms with Crippen LogP contribution in [0.15, 0.2) is 17.7 Å². The van der Waals surface area contributed by atoms with Crippen molar-refractivity contribution in [2.75, 3.05) is 0 Å². The molecule has 1 aromatic rings. The van der Waals surface area contributed by atoms with Gasteiger partial charge in [-0.05, 0) is 18.6 Å². The van der Waals surface area contributed by atoms with Crippen molar-refractivity contribution in [1.29, 1.82) is 10.5 Å². The highest BCUT2D eigenvalue weighted by atomic mass is 32.1. The lowest BCUT2D eigenvalue weighted by atomic mass is 10.1. The van der Waals surface area contributed by atoms with Crippen molar-refractivity contribution < 1.29 is 0 Å². The van der Waals surface area contributed by atoms with Crippen LogP contribution in [0, 0.1) is 29.6 Å². The summed E-state index contributed by atoms with van der Waals surface area (Å²) in [5, 5.41) is 17.5. The van der Waals surface area contributed by atoms with Gasteiger partial charge < -0.3 is 0 Å². The Morgan fingerprint density at radius 3 is 2.64 bits per heavy atom. The van der Waals surface area contributed by atoms with Gasteiger partial charge in [0.25, 0.3) is 0 Å². The minimum atomic E-state index is 0.196. The second-order valence-electron chi connectivity index (χ2n) is 2.99. The first-order chi connectivity index (χ1) is 6.76. The largest absolute Gasteiger partial charge is 0.192 e. The molecular weight excluding hydrogens is 192 g/mol. The zero-order valence-electron chi connectivity index (χ0n) is 7.53. The van der Waals surface area contributed by atoms with Gasteiger partial charge in [-0.3, -0.25) is 0 Å². The second kappa shape index (κ2) is 3.14. The molecular formula is C11H6N2S. The van der Waals surface area contributed by atoms with Crippen molar-refractivity contribution in [3.8, 4) is 12.1 Å². The van der Waals surface area contributed by atoms with Crippen LogP contribution in [-0.2, 0) is 0 Å². The maximum Gasteiger partial charge on any atom is 0.138 e. The quantitative estimate of drug-likeness (QED) is 0.602. The molecule has 0 radical (unpaired) electrons. The maximum absolute atomic E-state index is 8.76. The summed E-state index contributed by atoms with van der Waals surface area (Å²) in [6, 6.07) is 5.90. The van der Waals surface area contributed by atoms with Crippen LogP contribution in [0.4, 0.5) is 0 Å². The molecule has 2 nitrogen and oxygen atoms in total. The van der Waals surface area contributed by atoms with E-state index in [1.54, 1.807) is 11.3 Å².